The second-order valence-corrected chi connectivity index (χ2v) is 3.00. The minimum atomic E-state index is -1.05. The van der Waals surface area contributed by atoms with E-state index in [4.69, 9.17) is 5.11 Å². The average Bonchev–Trinajstić information content (AvgIpc) is 2.18. The molecule has 0 amide bonds. The standard InChI is InChI=1S/C10H11NO4/c1-6(11-5-10(14)15)8-4-7(12)2-3-9(8)13/h2-4,12-13H,5H2,1H3,(H,14,15)/b11-6+. The molecule has 15 heavy (non-hydrogen) atoms. The normalized spacial score (nSPS) is 11.4. The molecule has 0 aliphatic carbocycles. The first kappa shape index (κ1) is 11.0. The molecular weight excluding hydrogens is 198 g/mol. The van der Waals surface area contributed by atoms with Gasteiger partial charge in [0.1, 0.15) is 18.0 Å². The highest BCUT2D eigenvalue weighted by Crippen LogP contribution is 2.22. The zero-order chi connectivity index (χ0) is 11.4. The van der Waals surface area contributed by atoms with E-state index in [2.05, 4.69) is 4.99 Å². The predicted molar refractivity (Wildman–Crippen MR) is 54.5 cm³/mol. The van der Waals surface area contributed by atoms with E-state index < -0.39 is 5.97 Å². The molecule has 0 unspecified atom stereocenters. The first-order valence-corrected chi connectivity index (χ1v) is 4.26. The zero-order valence-corrected chi connectivity index (χ0v) is 8.14. The fourth-order valence-electron chi connectivity index (χ4n) is 1.09. The van der Waals surface area contributed by atoms with Gasteiger partial charge in [0.05, 0.1) is 0 Å². The third kappa shape index (κ3) is 2.98. The fourth-order valence-corrected chi connectivity index (χ4v) is 1.09. The van der Waals surface area contributed by atoms with E-state index in [1.54, 1.807) is 6.92 Å². The van der Waals surface area contributed by atoms with E-state index in [1.165, 1.54) is 18.2 Å². The second-order valence-electron chi connectivity index (χ2n) is 3.00. The highest BCUT2D eigenvalue weighted by atomic mass is 16.4. The highest BCUT2D eigenvalue weighted by molar-refractivity contribution is 6.02. The van der Waals surface area contributed by atoms with Gasteiger partial charge in [-0.1, -0.05) is 0 Å². The Kier molecular flexibility index (Phi) is 3.28. The maximum atomic E-state index is 10.3. The van der Waals surface area contributed by atoms with Gasteiger partial charge in [-0.15, -0.1) is 0 Å². The molecule has 5 heteroatoms. The third-order valence-electron chi connectivity index (χ3n) is 1.82. The molecular formula is C10H11NO4. The zero-order valence-electron chi connectivity index (χ0n) is 8.14. The Morgan fingerprint density at radius 1 is 1.40 bits per heavy atom. The summed E-state index contributed by atoms with van der Waals surface area (Å²) in [5.41, 5.74) is 0.696. The Bertz CT molecular complexity index is 412. The fraction of sp³-hybridized carbons (Fsp3) is 0.200. The van der Waals surface area contributed by atoms with Gasteiger partial charge >= 0.3 is 5.97 Å². The topological polar surface area (TPSA) is 90.1 Å². The summed E-state index contributed by atoms with van der Waals surface area (Å²) in [6.45, 7) is 1.21. The van der Waals surface area contributed by atoms with Crippen molar-refractivity contribution in [2.24, 2.45) is 4.99 Å². The summed E-state index contributed by atoms with van der Waals surface area (Å²) < 4.78 is 0. The molecule has 1 rings (SSSR count). The van der Waals surface area contributed by atoms with Crippen LogP contribution in [0.3, 0.4) is 0 Å². The summed E-state index contributed by atoms with van der Waals surface area (Å²) in [5.74, 6) is -1.10. The smallest absolute Gasteiger partial charge is 0.325 e. The lowest BCUT2D eigenvalue weighted by Gasteiger charge is -2.04. The average molecular weight is 209 g/mol. The van der Waals surface area contributed by atoms with Crippen molar-refractivity contribution in [3.63, 3.8) is 0 Å². The van der Waals surface area contributed by atoms with Gasteiger partial charge in [0.2, 0.25) is 0 Å². The minimum absolute atomic E-state index is 0.00678. The number of phenolic OH excluding ortho intramolecular Hbond substituents is 2. The van der Waals surface area contributed by atoms with Crippen LogP contribution in [-0.4, -0.2) is 33.5 Å². The molecule has 3 N–H and O–H groups in total. The molecule has 0 bridgehead atoms. The molecule has 1 aromatic rings. The third-order valence-corrected chi connectivity index (χ3v) is 1.82. The molecule has 0 radical (unpaired) electrons. The Morgan fingerprint density at radius 3 is 2.67 bits per heavy atom. The van der Waals surface area contributed by atoms with Crippen molar-refractivity contribution in [3.8, 4) is 11.5 Å². The number of hydrogen-bond donors (Lipinski definition) is 3. The van der Waals surface area contributed by atoms with Crippen molar-refractivity contribution in [2.45, 2.75) is 6.92 Å². The van der Waals surface area contributed by atoms with Crippen LogP contribution in [0, 0.1) is 0 Å². The van der Waals surface area contributed by atoms with Crippen molar-refractivity contribution >= 4 is 11.7 Å². The predicted octanol–water partition coefficient (Wildman–Crippen LogP) is 0.991. The molecule has 0 fully saturated rings. The van der Waals surface area contributed by atoms with Gasteiger partial charge in [-0.2, -0.15) is 0 Å². The molecule has 5 nitrogen and oxygen atoms in total. The van der Waals surface area contributed by atoms with Gasteiger partial charge in [0.25, 0.3) is 0 Å². The second kappa shape index (κ2) is 4.45. The van der Waals surface area contributed by atoms with Crippen LogP contribution in [0.5, 0.6) is 11.5 Å². The van der Waals surface area contributed by atoms with Gasteiger partial charge in [0.15, 0.2) is 0 Å². The number of carboxylic acid groups (broad SMARTS) is 1. The molecule has 0 aliphatic heterocycles. The lowest BCUT2D eigenvalue weighted by molar-refractivity contribution is -0.135. The Balaban J connectivity index is 2.99. The monoisotopic (exact) mass is 209 g/mol. The number of carbonyl (C=O) groups is 1. The van der Waals surface area contributed by atoms with Crippen LogP contribution in [0.1, 0.15) is 12.5 Å². The lowest BCUT2D eigenvalue weighted by atomic mass is 10.1. The van der Waals surface area contributed by atoms with Gasteiger partial charge < -0.3 is 15.3 Å². The molecule has 0 aromatic heterocycles. The number of benzene rings is 1. The van der Waals surface area contributed by atoms with Gasteiger partial charge in [-0.3, -0.25) is 9.79 Å². The van der Waals surface area contributed by atoms with E-state index in [-0.39, 0.29) is 18.0 Å². The molecule has 1 aromatic carbocycles. The van der Waals surface area contributed by atoms with Crippen molar-refractivity contribution in [3.05, 3.63) is 23.8 Å². The van der Waals surface area contributed by atoms with Crippen LogP contribution in [0.2, 0.25) is 0 Å². The maximum Gasteiger partial charge on any atom is 0.325 e. The minimum Gasteiger partial charge on any atom is -0.508 e. The van der Waals surface area contributed by atoms with Crippen molar-refractivity contribution in [1.82, 2.24) is 0 Å². The molecule has 0 spiro atoms. The van der Waals surface area contributed by atoms with Crippen LogP contribution in [0.25, 0.3) is 0 Å². The summed E-state index contributed by atoms with van der Waals surface area (Å²) in [6, 6.07) is 3.99. The van der Waals surface area contributed by atoms with Gasteiger partial charge in [-0.05, 0) is 25.1 Å². The summed E-state index contributed by atoms with van der Waals surface area (Å²) >= 11 is 0. The quantitative estimate of drug-likeness (QED) is 0.511. The molecule has 0 heterocycles. The number of aliphatic imine (C=N–C) groups is 1. The SMILES string of the molecule is C/C(=N\CC(=O)O)c1cc(O)ccc1O. The van der Waals surface area contributed by atoms with Gasteiger partial charge in [0, 0.05) is 11.3 Å². The highest BCUT2D eigenvalue weighted by Gasteiger charge is 2.06. The number of nitrogens with zero attached hydrogens (tertiary/aromatic N) is 1. The molecule has 0 atom stereocenters. The first-order valence-electron chi connectivity index (χ1n) is 4.26. The summed E-state index contributed by atoms with van der Waals surface area (Å²) in [5, 5.41) is 27.0. The number of rotatable bonds is 3. The summed E-state index contributed by atoms with van der Waals surface area (Å²) in [4.78, 5) is 14.0. The lowest BCUT2D eigenvalue weighted by Crippen LogP contribution is -2.04. The Hall–Kier alpha value is -2.04. The van der Waals surface area contributed by atoms with E-state index >= 15 is 0 Å². The van der Waals surface area contributed by atoms with Crippen molar-refractivity contribution < 1.29 is 20.1 Å². The first-order chi connectivity index (χ1) is 7.00. The number of carboxylic acids is 1. The largest absolute Gasteiger partial charge is 0.508 e. The maximum absolute atomic E-state index is 10.3. The number of aromatic hydroxyl groups is 2. The van der Waals surface area contributed by atoms with Crippen LogP contribution >= 0.6 is 0 Å². The van der Waals surface area contributed by atoms with E-state index in [9.17, 15) is 15.0 Å². The molecule has 0 saturated carbocycles. The van der Waals surface area contributed by atoms with Crippen LogP contribution in [0.15, 0.2) is 23.2 Å². The van der Waals surface area contributed by atoms with Crippen LogP contribution < -0.4 is 0 Å². The molecule has 0 saturated heterocycles. The van der Waals surface area contributed by atoms with Gasteiger partial charge in [-0.25, -0.2) is 0 Å². The number of hydrogen-bond acceptors (Lipinski definition) is 4. The number of aliphatic carboxylic acids is 1. The van der Waals surface area contributed by atoms with Crippen LogP contribution in [-0.2, 0) is 4.79 Å². The van der Waals surface area contributed by atoms with Crippen LogP contribution in [0.4, 0.5) is 0 Å². The molecule has 80 valence electrons. The summed E-state index contributed by atoms with van der Waals surface area (Å²) in [6.07, 6.45) is 0. The van der Waals surface area contributed by atoms with E-state index in [0.29, 0.717) is 11.3 Å². The van der Waals surface area contributed by atoms with E-state index in [0.717, 1.165) is 0 Å². The summed E-state index contributed by atoms with van der Waals surface area (Å²) in [7, 11) is 0. The number of phenols is 2. The molecule has 0 aliphatic rings. The van der Waals surface area contributed by atoms with Crippen molar-refractivity contribution in [2.75, 3.05) is 6.54 Å². The van der Waals surface area contributed by atoms with Crippen molar-refractivity contribution in [1.29, 1.82) is 0 Å². The Morgan fingerprint density at radius 2 is 2.07 bits per heavy atom. The Labute approximate surface area is 86.3 Å². The van der Waals surface area contributed by atoms with E-state index in [1.807, 2.05) is 0 Å².